The molecule has 0 saturated carbocycles. The molecular weight excluding hydrogens is 397 g/mol. The van der Waals surface area contributed by atoms with E-state index in [0.29, 0.717) is 0 Å². The molecule has 0 N–H and O–H groups in total. The monoisotopic (exact) mass is 414 g/mol. The lowest BCUT2D eigenvalue weighted by Gasteiger charge is -2.43. The molecule has 9 rings (SSSR count). The van der Waals surface area contributed by atoms with Crippen LogP contribution in [0.5, 0.6) is 0 Å². The molecule has 0 radical (unpaired) electrons. The van der Waals surface area contributed by atoms with E-state index in [4.69, 9.17) is 0 Å². The van der Waals surface area contributed by atoms with E-state index in [1.807, 2.05) is 0 Å². The van der Waals surface area contributed by atoms with Crippen molar-refractivity contribution >= 4 is 80.6 Å². The number of hydrogen-bond acceptors (Lipinski definition) is 1. The molecule has 0 bridgehead atoms. The van der Waals surface area contributed by atoms with Gasteiger partial charge in [-0.15, -0.1) is 0 Å². The van der Waals surface area contributed by atoms with Crippen LogP contribution in [0.3, 0.4) is 0 Å². The number of aromatic nitrogens is 1. The van der Waals surface area contributed by atoms with E-state index in [1.54, 1.807) is 0 Å². The summed E-state index contributed by atoms with van der Waals surface area (Å²) in [4.78, 5) is 0. The molecule has 148 valence electrons. The van der Waals surface area contributed by atoms with Crippen LogP contribution in [0.1, 0.15) is 0 Å². The molecule has 1 aromatic heterocycles. The second-order valence-corrected chi connectivity index (χ2v) is 9.68. The van der Waals surface area contributed by atoms with Gasteiger partial charge >= 0.3 is 6.98 Å². The van der Waals surface area contributed by atoms with Crippen LogP contribution >= 0.6 is 0 Å². The Morgan fingerprint density at radius 1 is 0.485 bits per heavy atom. The first-order chi connectivity index (χ1) is 16.4. The Morgan fingerprint density at radius 3 is 1.94 bits per heavy atom. The van der Waals surface area contributed by atoms with Crippen LogP contribution in [0.25, 0.3) is 32.6 Å². The Labute approximate surface area is 192 Å². The van der Waals surface area contributed by atoms with Crippen molar-refractivity contribution in [3.05, 3.63) is 103 Å². The van der Waals surface area contributed by atoms with Crippen LogP contribution in [0.4, 0.5) is 0 Å². The topological polar surface area (TPSA) is 8.17 Å². The largest absolute Gasteiger partial charge is 0.387 e. The van der Waals surface area contributed by atoms with Gasteiger partial charge in [-0.3, -0.25) is 0 Å². The SMILES string of the molecule is c1ccc2c(c1)B1c3cccc4cccc(c34)B3c4cccc5c6ccccc6n(c45)B2N13. The van der Waals surface area contributed by atoms with Crippen molar-refractivity contribution in [3.8, 4) is 0 Å². The van der Waals surface area contributed by atoms with Crippen molar-refractivity contribution in [2.45, 2.75) is 0 Å². The number of fused-ring (bicyclic) bond motifs is 10. The lowest BCUT2D eigenvalue weighted by molar-refractivity contribution is 0.997. The Morgan fingerprint density at radius 2 is 1.09 bits per heavy atom. The van der Waals surface area contributed by atoms with E-state index >= 15 is 0 Å². The predicted octanol–water partition coefficient (Wildman–Crippen LogP) is 2.05. The van der Waals surface area contributed by atoms with E-state index in [1.165, 1.54) is 59.9 Å². The fraction of sp³-hybridized carbons (Fsp3) is 0. The summed E-state index contributed by atoms with van der Waals surface area (Å²) in [5.74, 6) is 0. The normalized spacial score (nSPS) is 15.6. The minimum Gasteiger partial charge on any atom is -0.387 e. The highest BCUT2D eigenvalue weighted by Crippen LogP contribution is 2.34. The zero-order valence-corrected chi connectivity index (χ0v) is 17.9. The third-order valence-corrected chi connectivity index (χ3v) is 8.31. The second-order valence-electron chi connectivity index (χ2n) is 9.68. The summed E-state index contributed by atoms with van der Waals surface area (Å²) in [5, 5.41) is 5.52. The second kappa shape index (κ2) is 5.62. The molecule has 0 amide bonds. The third kappa shape index (κ3) is 1.80. The molecule has 0 aliphatic carbocycles. The first-order valence-corrected chi connectivity index (χ1v) is 11.8. The summed E-state index contributed by atoms with van der Waals surface area (Å²) in [5.41, 5.74) is 9.94. The molecule has 0 spiro atoms. The number of para-hydroxylation sites is 2. The molecule has 0 atom stereocenters. The first-order valence-electron chi connectivity index (χ1n) is 11.8. The summed E-state index contributed by atoms with van der Waals surface area (Å²) < 4.78 is 5.42. The fourth-order valence-corrected chi connectivity index (χ4v) is 7.25. The smallest absolute Gasteiger partial charge is 0.361 e. The summed E-state index contributed by atoms with van der Waals surface area (Å²) in [6.07, 6.45) is 0. The van der Waals surface area contributed by atoms with Crippen molar-refractivity contribution < 1.29 is 0 Å². The highest BCUT2D eigenvalue weighted by Gasteiger charge is 2.56. The maximum atomic E-state index is 2.79. The van der Waals surface area contributed by atoms with Crippen LogP contribution in [0.15, 0.2) is 103 Å². The Kier molecular flexibility index (Phi) is 2.87. The standard InChI is InChI=1S/C28H17B3N2/c1-4-17-26-19(10-1)20-11-7-16-25-28(20)32(26)31-22-13-3-2-12-21(22)29-23-14-5-8-18-9-6-15-24(27(18)23)30(25)33(29)31/h1-17H. The van der Waals surface area contributed by atoms with Crippen molar-refractivity contribution in [2.75, 3.05) is 0 Å². The number of benzene rings is 5. The summed E-state index contributed by atoms with van der Waals surface area (Å²) in [7, 11) is 0. The number of rotatable bonds is 0. The van der Waals surface area contributed by atoms with Crippen LogP contribution in [-0.4, -0.2) is 29.8 Å². The molecule has 0 fully saturated rings. The fourth-order valence-electron chi connectivity index (χ4n) is 7.25. The van der Waals surface area contributed by atoms with Crippen molar-refractivity contribution in [2.24, 2.45) is 0 Å². The number of hydrogen-bond donors (Lipinski definition) is 0. The van der Waals surface area contributed by atoms with Crippen molar-refractivity contribution in [1.29, 1.82) is 0 Å². The van der Waals surface area contributed by atoms with Gasteiger partial charge < -0.3 is 9.11 Å². The molecule has 4 heterocycles. The van der Waals surface area contributed by atoms with Crippen LogP contribution in [0.2, 0.25) is 0 Å². The van der Waals surface area contributed by atoms with Gasteiger partial charge in [-0.25, -0.2) is 0 Å². The van der Waals surface area contributed by atoms with Gasteiger partial charge in [-0.1, -0.05) is 113 Å². The van der Waals surface area contributed by atoms with E-state index in [-0.39, 0.29) is 20.7 Å². The van der Waals surface area contributed by atoms with E-state index in [9.17, 15) is 0 Å². The Bertz CT molecular complexity index is 1820. The Hall–Kier alpha value is -3.69. The van der Waals surface area contributed by atoms with E-state index < -0.39 is 0 Å². The highest BCUT2D eigenvalue weighted by atomic mass is 15.1. The van der Waals surface area contributed by atoms with Gasteiger partial charge in [0.25, 0.3) is 13.7 Å². The maximum Gasteiger partial charge on any atom is 0.361 e. The molecular formula is C28H17B3N2. The maximum absolute atomic E-state index is 2.79. The lowest BCUT2D eigenvalue weighted by atomic mass is 9.30. The lowest BCUT2D eigenvalue weighted by Crippen LogP contribution is -2.75. The predicted molar refractivity (Wildman–Crippen MR) is 143 cm³/mol. The van der Waals surface area contributed by atoms with Gasteiger partial charge in [0.05, 0.1) is 0 Å². The van der Waals surface area contributed by atoms with Gasteiger partial charge in [-0.05, 0) is 27.8 Å². The van der Waals surface area contributed by atoms with E-state index in [0.717, 1.165) is 0 Å². The van der Waals surface area contributed by atoms with Crippen molar-refractivity contribution in [1.82, 2.24) is 9.11 Å². The zero-order valence-electron chi connectivity index (χ0n) is 17.9. The quantitative estimate of drug-likeness (QED) is 0.346. The summed E-state index contributed by atoms with van der Waals surface area (Å²) in [6, 6.07) is 38.8. The minimum absolute atomic E-state index is 0.192. The molecule has 0 unspecified atom stereocenters. The molecule has 6 aromatic rings. The van der Waals surface area contributed by atoms with Gasteiger partial charge in [-0.2, -0.15) is 0 Å². The third-order valence-electron chi connectivity index (χ3n) is 8.31. The summed E-state index contributed by atoms with van der Waals surface area (Å²) in [6.45, 7) is 0.697. The van der Waals surface area contributed by atoms with Crippen LogP contribution in [-0.2, 0) is 0 Å². The van der Waals surface area contributed by atoms with Crippen LogP contribution < -0.4 is 27.3 Å². The molecule has 2 nitrogen and oxygen atoms in total. The Balaban J connectivity index is 1.55. The van der Waals surface area contributed by atoms with Gasteiger partial charge in [0.1, 0.15) is 0 Å². The van der Waals surface area contributed by atoms with Gasteiger partial charge in [0.15, 0.2) is 0 Å². The van der Waals surface area contributed by atoms with Gasteiger partial charge in [0, 0.05) is 21.8 Å². The molecule has 3 aliphatic rings. The highest BCUT2D eigenvalue weighted by molar-refractivity contribution is 7.15. The van der Waals surface area contributed by atoms with Crippen molar-refractivity contribution in [3.63, 3.8) is 0 Å². The van der Waals surface area contributed by atoms with Gasteiger partial charge in [0.2, 0.25) is 0 Å². The van der Waals surface area contributed by atoms with Crippen LogP contribution in [0, 0.1) is 0 Å². The molecule has 33 heavy (non-hydrogen) atoms. The number of nitrogens with zero attached hydrogens (tertiary/aromatic N) is 2. The minimum atomic E-state index is 0.192. The zero-order chi connectivity index (χ0) is 21.3. The summed E-state index contributed by atoms with van der Waals surface area (Å²) >= 11 is 0. The average molecular weight is 414 g/mol. The molecule has 3 aliphatic heterocycles. The molecule has 0 saturated heterocycles. The average Bonchev–Trinajstić information content (AvgIpc) is 3.39. The van der Waals surface area contributed by atoms with E-state index in [2.05, 4.69) is 112 Å². The first kappa shape index (κ1) is 16.9. The molecule has 5 heteroatoms. The molecule has 5 aromatic carbocycles.